The quantitative estimate of drug-likeness (QED) is 0.786. The van der Waals surface area contributed by atoms with Gasteiger partial charge in [0.25, 0.3) is 5.91 Å². The number of hydrogen-bond donors (Lipinski definition) is 2. The predicted molar refractivity (Wildman–Crippen MR) is 105 cm³/mol. The van der Waals surface area contributed by atoms with E-state index in [0.29, 0.717) is 12.1 Å². The molecule has 132 valence electrons. The Bertz CT molecular complexity index is 709. The van der Waals surface area contributed by atoms with Gasteiger partial charge in [-0.2, -0.15) is 11.8 Å². The highest BCUT2D eigenvalue weighted by molar-refractivity contribution is 7.97. The summed E-state index contributed by atoms with van der Waals surface area (Å²) in [7, 11) is 0. The van der Waals surface area contributed by atoms with Gasteiger partial charge < -0.3 is 10.6 Å². The Labute approximate surface area is 153 Å². The van der Waals surface area contributed by atoms with Crippen molar-refractivity contribution in [3.63, 3.8) is 0 Å². The summed E-state index contributed by atoms with van der Waals surface area (Å²) in [6.45, 7) is 4.16. The van der Waals surface area contributed by atoms with Crippen LogP contribution < -0.4 is 10.6 Å². The van der Waals surface area contributed by atoms with Crippen LogP contribution in [0, 0.1) is 5.92 Å². The molecule has 0 atom stereocenters. The van der Waals surface area contributed by atoms with Gasteiger partial charge in [-0.1, -0.05) is 38.1 Å². The SMILES string of the molecule is CSCc1ccc(C(=O)NCc2ccc(NC(=O)C(C)C)cc2)cc1. The molecule has 25 heavy (non-hydrogen) atoms. The lowest BCUT2D eigenvalue weighted by molar-refractivity contribution is -0.118. The van der Waals surface area contributed by atoms with Crippen LogP contribution in [-0.2, 0) is 17.1 Å². The van der Waals surface area contributed by atoms with Crippen LogP contribution in [-0.4, -0.2) is 18.1 Å². The zero-order valence-corrected chi connectivity index (χ0v) is 15.7. The van der Waals surface area contributed by atoms with Crippen LogP contribution in [0.5, 0.6) is 0 Å². The molecule has 0 aromatic heterocycles. The number of rotatable bonds is 7. The van der Waals surface area contributed by atoms with E-state index in [4.69, 9.17) is 0 Å². The summed E-state index contributed by atoms with van der Waals surface area (Å²) in [6, 6.07) is 15.2. The Morgan fingerprint density at radius 1 is 0.960 bits per heavy atom. The highest BCUT2D eigenvalue weighted by Gasteiger charge is 2.08. The Morgan fingerprint density at radius 2 is 1.56 bits per heavy atom. The maximum Gasteiger partial charge on any atom is 0.251 e. The highest BCUT2D eigenvalue weighted by Crippen LogP contribution is 2.12. The topological polar surface area (TPSA) is 58.2 Å². The molecule has 2 aromatic carbocycles. The number of carbonyl (C=O) groups is 2. The molecule has 0 aliphatic rings. The third-order valence-electron chi connectivity index (χ3n) is 3.73. The van der Waals surface area contributed by atoms with E-state index >= 15 is 0 Å². The molecule has 0 radical (unpaired) electrons. The second-order valence-electron chi connectivity index (χ2n) is 6.15. The number of anilines is 1. The number of thioether (sulfide) groups is 1. The van der Waals surface area contributed by atoms with E-state index in [1.165, 1.54) is 5.56 Å². The van der Waals surface area contributed by atoms with Crippen molar-refractivity contribution in [1.82, 2.24) is 5.32 Å². The fourth-order valence-corrected chi connectivity index (χ4v) is 2.72. The first kappa shape index (κ1) is 19.1. The van der Waals surface area contributed by atoms with E-state index in [1.54, 1.807) is 11.8 Å². The third-order valence-corrected chi connectivity index (χ3v) is 4.35. The average molecular weight is 356 g/mol. The largest absolute Gasteiger partial charge is 0.348 e. The summed E-state index contributed by atoms with van der Waals surface area (Å²) in [4.78, 5) is 23.9. The minimum absolute atomic E-state index is 0.00836. The van der Waals surface area contributed by atoms with Crippen molar-refractivity contribution in [2.45, 2.75) is 26.1 Å². The molecular weight excluding hydrogens is 332 g/mol. The molecule has 0 saturated heterocycles. The number of amides is 2. The number of carbonyl (C=O) groups excluding carboxylic acids is 2. The van der Waals surface area contributed by atoms with Crippen LogP contribution in [0.2, 0.25) is 0 Å². The van der Waals surface area contributed by atoms with E-state index in [0.717, 1.165) is 17.0 Å². The first-order chi connectivity index (χ1) is 12.0. The summed E-state index contributed by atoms with van der Waals surface area (Å²) < 4.78 is 0. The van der Waals surface area contributed by atoms with Crippen LogP contribution in [0.3, 0.4) is 0 Å². The van der Waals surface area contributed by atoms with Gasteiger partial charge >= 0.3 is 0 Å². The van der Waals surface area contributed by atoms with Gasteiger partial charge in [-0.15, -0.1) is 0 Å². The summed E-state index contributed by atoms with van der Waals surface area (Å²) in [6.07, 6.45) is 2.06. The highest BCUT2D eigenvalue weighted by atomic mass is 32.2. The third kappa shape index (κ3) is 5.94. The summed E-state index contributed by atoms with van der Waals surface area (Å²) in [5.41, 5.74) is 3.61. The van der Waals surface area contributed by atoms with Crippen molar-refractivity contribution in [2.75, 3.05) is 11.6 Å². The van der Waals surface area contributed by atoms with Crippen molar-refractivity contribution in [3.05, 3.63) is 65.2 Å². The van der Waals surface area contributed by atoms with Crippen molar-refractivity contribution in [1.29, 1.82) is 0 Å². The molecule has 0 bridgehead atoms. The van der Waals surface area contributed by atoms with Crippen molar-refractivity contribution < 1.29 is 9.59 Å². The lowest BCUT2D eigenvalue weighted by Gasteiger charge is -2.09. The molecule has 0 saturated carbocycles. The fraction of sp³-hybridized carbons (Fsp3) is 0.300. The molecule has 2 rings (SSSR count). The van der Waals surface area contributed by atoms with Crippen LogP contribution in [0.1, 0.15) is 35.3 Å². The second-order valence-corrected chi connectivity index (χ2v) is 7.02. The van der Waals surface area contributed by atoms with Crippen LogP contribution in [0.4, 0.5) is 5.69 Å². The monoisotopic (exact) mass is 356 g/mol. The van der Waals surface area contributed by atoms with Gasteiger partial charge in [-0.3, -0.25) is 9.59 Å². The molecule has 2 amide bonds. The van der Waals surface area contributed by atoms with E-state index in [9.17, 15) is 9.59 Å². The Balaban J connectivity index is 1.88. The molecule has 4 nitrogen and oxygen atoms in total. The van der Waals surface area contributed by atoms with E-state index in [1.807, 2.05) is 62.4 Å². The molecule has 0 spiro atoms. The van der Waals surface area contributed by atoms with Gasteiger partial charge in [0.05, 0.1) is 0 Å². The minimum atomic E-state index is -0.0899. The minimum Gasteiger partial charge on any atom is -0.348 e. The van der Waals surface area contributed by atoms with E-state index in [-0.39, 0.29) is 17.7 Å². The predicted octanol–water partition coefficient (Wildman–Crippen LogP) is 4.07. The van der Waals surface area contributed by atoms with Crippen molar-refractivity contribution in [3.8, 4) is 0 Å². The van der Waals surface area contributed by atoms with Crippen molar-refractivity contribution in [2.24, 2.45) is 5.92 Å². The van der Waals surface area contributed by atoms with Crippen LogP contribution >= 0.6 is 11.8 Å². The van der Waals surface area contributed by atoms with E-state index in [2.05, 4.69) is 16.9 Å². The zero-order valence-electron chi connectivity index (χ0n) is 14.8. The standard InChI is InChI=1S/C20H24N2O2S/c1-14(2)19(23)22-18-10-6-15(7-11-18)12-21-20(24)17-8-4-16(5-9-17)13-25-3/h4-11,14H,12-13H2,1-3H3,(H,21,24)(H,22,23). The normalized spacial score (nSPS) is 10.6. The number of nitrogens with one attached hydrogen (secondary N) is 2. The molecule has 2 aromatic rings. The van der Waals surface area contributed by atoms with Crippen LogP contribution in [0.25, 0.3) is 0 Å². The fourth-order valence-electron chi connectivity index (χ4n) is 2.20. The Hall–Kier alpha value is -2.27. The molecule has 2 N–H and O–H groups in total. The smallest absolute Gasteiger partial charge is 0.251 e. The lowest BCUT2D eigenvalue weighted by Crippen LogP contribution is -2.22. The molecule has 0 heterocycles. The molecule has 0 aliphatic carbocycles. The van der Waals surface area contributed by atoms with Gasteiger partial charge in [0.15, 0.2) is 0 Å². The lowest BCUT2D eigenvalue weighted by atomic mass is 10.1. The maximum atomic E-state index is 12.2. The summed E-state index contributed by atoms with van der Waals surface area (Å²) in [5.74, 6) is 0.793. The van der Waals surface area contributed by atoms with Gasteiger partial charge in [0.2, 0.25) is 5.91 Å². The molecule has 0 aliphatic heterocycles. The number of hydrogen-bond acceptors (Lipinski definition) is 3. The van der Waals surface area contributed by atoms with Gasteiger partial charge in [-0.05, 0) is 41.6 Å². The second kappa shape index (κ2) is 9.28. The first-order valence-electron chi connectivity index (χ1n) is 8.25. The Morgan fingerprint density at radius 3 is 2.12 bits per heavy atom. The summed E-state index contributed by atoms with van der Waals surface area (Å²) in [5, 5.41) is 5.76. The zero-order chi connectivity index (χ0) is 18.2. The summed E-state index contributed by atoms with van der Waals surface area (Å²) >= 11 is 1.76. The first-order valence-corrected chi connectivity index (χ1v) is 9.65. The van der Waals surface area contributed by atoms with Crippen molar-refractivity contribution >= 4 is 29.3 Å². The van der Waals surface area contributed by atoms with Gasteiger partial charge in [0.1, 0.15) is 0 Å². The molecular formula is C20H24N2O2S. The molecule has 0 fully saturated rings. The van der Waals surface area contributed by atoms with Gasteiger partial charge in [0, 0.05) is 29.5 Å². The number of benzene rings is 2. The maximum absolute atomic E-state index is 12.2. The molecule has 0 unspecified atom stereocenters. The van der Waals surface area contributed by atoms with Gasteiger partial charge in [-0.25, -0.2) is 0 Å². The average Bonchev–Trinajstić information content (AvgIpc) is 2.61. The van der Waals surface area contributed by atoms with E-state index < -0.39 is 0 Å². The molecule has 5 heteroatoms. The Kier molecular flexibility index (Phi) is 7.07. The van der Waals surface area contributed by atoms with Crippen LogP contribution in [0.15, 0.2) is 48.5 Å².